The van der Waals surface area contributed by atoms with Gasteiger partial charge in [-0.3, -0.25) is 5.41 Å². The Labute approximate surface area is 369 Å². The number of nitrogens with one attached hydrogen (secondary N) is 2. The van der Waals surface area contributed by atoms with Gasteiger partial charge in [-0.25, -0.2) is 24.9 Å². The molecule has 2 aliphatic heterocycles. The monoisotopic (exact) mass is 966 g/mol. The van der Waals surface area contributed by atoms with E-state index in [4.69, 9.17) is 40.1 Å². The van der Waals surface area contributed by atoms with Crippen molar-refractivity contribution in [3.05, 3.63) is 122 Å². The van der Waals surface area contributed by atoms with Gasteiger partial charge in [-0.2, -0.15) is 0 Å². The number of nitrogens with two attached hydrogens (primary N) is 1. The van der Waals surface area contributed by atoms with Crippen molar-refractivity contribution in [2.24, 2.45) is 0 Å². The zero-order valence-electron chi connectivity index (χ0n) is 32.2. The van der Waals surface area contributed by atoms with Gasteiger partial charge >= 0.3 is 0 Å². The van der Waals surface area contributed by atoms with Crippen molar-refractivity contribution in [1.29, 1.82) is 5.41 Å². The lowest BCUT2D eigenvalue weighted by atomic mass is 10.1. The first kappa shape index (κ1) is 39.9. The highest BCUT2D eigenvalue weighted by Gasteiger charge is 2.22. The van der Waals surface area contributed by atoms with Crippen LogP contribution in [-0.4, -0.2) is 52.6 Å². The van der Waals surface area contributed by atoms with Gasteiger partial charge in [0.25, 0.3) is 0 Å². The molecule has 4 aromatic heterocycles. The van der Waals surface area contributed by atoms with Crippen LogP contribution in [-0.2, 0) is 25.9 Å². The third-order valence-corrected chi connectivity index (χ3v) is 13.6. The summed E-state index contributed by atoms with van der Waals surface area (Å²) < 4.78 is 27.8. The Hall–Kier alpha value is -5.56. The van der Waals surface area contributed by atoms with E-state index in [1.165, 1.54) is 52.1 Å². The number of nitrogen functional groups attached to an aromatic ring is 1. The smallest absolute Gasteiger partial charge is 0.231 e. The Morgan fingerprint density at radius 3 is 1.90 bits per heavy atom. The van der Waals surface area contributed by atoms with Crippen molar-refractivity contribution in [1.82, 2.24) is 39.0 Å². The van der Waals surface area contributed by atoms with Gasteiger partial charge in [0.2, 0.25) is 13.6 Å². The van der Waals surface area contributed by atoms with E-state index in [0.717, 1.165) is 78.4 Å². The summed E-state index contributed by atoms with van der Waals surface area (Å²) in [6, 6.07) is 24.8. The maximum absolute atomic E-state index is 8.17. The minimum atomic E-state index is 0.181. The van der Waals surface area contributed by atoms with Crippen molar-refractivity contribution in [3.8, 4) is 23.0 Å². The molecule has 0 radical (unpaired) electrons. The van der Waals surface area contributed by atoms with E-state index in [1.807, 2.05) is 28.8 Å². The van der Waals surface area contributed by atoms with Gasteiger partial charge in [-0.15, -0.1) is 0 Å². The molecule has 10 rings (SSSR count). The predicted octanol–water partition coefficient (Wildman–Crippen LogP) is 9.03. The molecular weight excluding hydrogens is 932 g/mol. The normalized spacial score (nSPS) is 12.6. The van der Waals surface area contributed by atoms with E-state index in [9.17, 15) is 0 Å². The minimum absolute atomic E-state index is 0.181. The van der Waals surface area contributed by atoms with Gasteiger partial charge in [0.15, 0.2) is 61.4 Å². The molecule has 0 spiro atoms. The Morgan fingerprint density at radius 2 is 1.28 bits per heavy atom. The zero-order chi connectivity index (χ0) is 41.3. The highest BCUT2D eigenvalue weighted by atomic mass is 79.9. The topological polar surface area (TPSA) is 177 Å². The molecule has 8 aromatic rings. The lowest BCUT2D eigenvalue weighted by molar-refractivity contribution is 0.173. The fourth-order valence-electron chi connectivity index (χ4n) is 6.54. The van der Waals surface area contributed by atoms with E-state index in [0.29, 0.717) is 27.8 Å². The number of hydrogen-bond donors (Lipinski definition) is 3. The number of aromatic amines is 1. The number of imidazole rings is 2. The van der Waals surface area contributed by atoms with Gasteiger partial charge in [-0.05, 0) is 93.9 Å². The number of hydrogen-bond acceptors (Lipinski definition) is 13. The molecule has 0 saturated carbocycles. The number of halogens is 2. The quantitative estimate of drug-likeness (QED) is 0.119. The molecule has 0 amide bonds. The van der Waals surface area contributed by atoms with Crippen molar-refractivity contribution in [3.63, 3.8) is 0 Å². The fourth-order valence-corrected chi connectivity index (χ4v) is 9.43. The van der Waals surface area contributed by atoms with Gasteiger partial charge in [-0.1, -0.05) is 83.2 Å². The van der Waals surface area contributed by atoms with Crippen LogP contribution in [0.15, 0.2) is 115 Å². The zero-order valence-corrected chi connectivity index (χ0v) is 37.0. The van der Waals surface area contributed by atoms with Crippen LogP contribution in [0.4, 0.5) is 5.82 Å². The average molecular weight is 969 g/mol. The van der Waals surface area contributed by atoms with Crippen LogP contribution in [0.1, 0.15) is 22.3 Å². The number of ether oxygens (including phenoxy) is 4. The molecule has 14 nitrogen and oxygen atoms in total. The molecule has 0 fully saturated rings. The third kappa shape index (κ3) is 8.54. The first-order valence-corrected chi connectivity index (χ1v) is 22.0. The van der Waals surface area contributed by atoms with Crippen LogP contribution in [0, 0.1) is 19.3 Å². The second-order valence-electron chi connectivity index (χ2n) is 14.0. The summed E-state index contributed by atoms with van der Waals surface area (Å²) in [5.74, 6) is 3.27. The molecule has 0 unspecified atom stereocenters. The molecule has 0 bridgehead atoms. The summed E-state index contributed by atoms with van der Waals surface area (Å²) in [6.07, 6.45) is 4.88. The number of benzene rings is 4. The fraction of sp³-hybridized carbons (Fsp3) is 0.190. The second kappa shape index (κ2) is 17.2. The van der Waals surface area contributed by atoms with Gasteiger partial charge < -0.3 is 38.8 Å². The maximum Gasteiger partial charge on any atom is 0.231 e. The lowest BCUT2D eigenvalue weighted by Crippen LogP contribution is -2.13. The van der Waals surface area contributed by atoms with Gasteiger partial charge in [0, 0.05) is 31.8 Å². The van der Waals surface area contributed by atoms with Crippen LogP contribution in [0.2, 0.25) is 0 Å². The Morgan fingerprint density at radius 1 is 0.717 bits per heavy atom. The molecule has 0 atom stereocenters. The Balaban J connectivity index is 0.000000154. The highest BCUT2D eigenvalue weighted by Crippen LogP contribution is 2.44. The predicted molar refractivity (Wildman–Crippen MR) is 236 cm³/mol. The summed E-state index contributed by atoms with van der Waals surface area (Å²) in [6.45, 7) is 6.09. The third-order valence-electron chi connectivity index (χ3n) is 9.79. The molecule has 0 saturated heterocycles. The minimum Gasteiger partial charge on any atom is -0.454 e. The summed E-state index contributed by atoms with van der Waals surface area (Å²) in [7, 11) is 0. The van der Waals surface area contributed by atoms with E-state index < -0.39 is 0 Å². The number of rotatable bonds is 10. The lowest BCUT2D eigenvalue weighted by Gasteiger charge is -2.10. The molecule has 18 heteroatoms. The number of aromatic nitrogens is 8. The van der Waals surface area contributed by atoms with Gasteiger partial charge in [0.1, 0.15) is 11.8 Å². The maximum atomic E-state index is 8.17. The largest absolute Gasteiger partial charge is 0.454 e. The number of aryl methyl sites for hydroxylation is 6. The van der Waals surface area contributed by atoms with E-state index in [1.54, 1.807) is 6.33 Å². The number of H-pyrrole nitrogens is 1. The van der Waals surface area contributed by atoms with Crippen molar-refractivity contribution in [2.75, 3.05) is 19.3 Å². The highest BCUT2D eigenvalue weighted by molar-refractivity contribution is 9.10. The molecular formula is C42H36Br2N10O4S2. The van der Waals surface area contributed by atoms with Crippen LogP contribution >= 0.6 is 55.4 Å². The van der Waals surface area contributed by atoms with Crippen LogP contribution in [0.3, 0.4) is 0 Å². The van der Waals surface area contributed by atoms with E-state index in [2.05, 4.69) is 119 Å². The van der Waals surface area contributed by atoms with Gasteiger partial charge in [0.05, 0.1) is 6.33 Å². The number of nitrogens with zero attached hydrogens (tertiary/aromatic N) is 7. The molecule has 6 heterocycles. The van der Waals surface area contributed by atoms with Crippen LogP contribution < -0.4 is 30.2 Å². The number of anilines is 1. The first-order chi connectivity index (χ1) is 29.1. The number of fused-ring (bicyclic) bond motifs is 4. The van der Waals surface area contributed by atoms with Crippen molar-refractivity contribution >= 4 is 83.5 Å². The Bertz CT molecular complexity index is 2940. The van der Waals surface area contributed by atoms with Crippen LogP contribution in [0.5, 0.6) is 23.0 Å². The second-order valence-corrected chi connectivity index (χ2v) is 17.7. The molecule has 0 aliphatic carbocycles. The molecule has 304 valence electrons. The van der Waals surface area contributed by atoms with E-state index >= 15 is 0 Å². The SMILES string of the molecule is Cc1ccc(CCn2c(Sc3cc4c(cc3Br)OCO4)nc3c(N)ncnc32)cc1.Cc1ccc(CCn2cnc(=N)c3[nH]c(Sc4cc5c(cc4Br)OCO5)nc32)cc1. The molecule has 4 N–H and O–H groups in total. The van der Waals surface area contributed by atoms with E-state index in [-0.39, 0.29) is 19.1 Å². The molecule has 4 aromatic carbocycles. The first-order valence-electron chi connectivity index (χ1n) is 18.8. The molecule has 60 heavy (non-hydrogen) atoms. The van der Waals surface area contributed by atoms with Crippen molar-refractivity contribution < 1.29 is 18.9 Å². The summed E-state index contributed by atoms with van der Waals surface area (Å²) in [5, 5.41) is 9.65. The van der Waals surface area contributed by atoms with Crippen molar-refractivity contribution in [2.45, 2.75) is 59.9 Å². The standard InChI is InChI=1S/2C21H18BrN5O2S/c1-12-2-4-13(5-3-12)6-7-27-10-24-19(23)18-20(27)26-21(25-18)30-17-9-16-15(8-14(17)22)28-11-29-16;1-12-2-4-13(5-3-12)6-7-27-20-18(19(23)24-10-25-20)26-21(27)30-17-9-16-15(8-14(17)22)28-11-29-16/h2-5,8-10,23H,6-7,11H2,1H3,(H,25,26);2-5,8-10H,6-7,11H2,1H3,(H2,23,24,25). The average Bonchev–Trinajstić information content (AvgIpc) is 4.06. The molecule has 2 aliphatic rings. The van der Waals surface area contributed by atoms with Crippen LogP contribution in [0.25, 0.3) is 22.3 Å². The summed E-state index contributed by atoms with van der Waals surface area (Å²) in [4.78, 5) is 27.4. The summed E-state index contributed by atoms with van der Waals surface area (Å²) >= 11 is 10.2. The Kier molecular flexibility index (Phi) is 11.4. The summed E-state index contributed by atoms with van der Waals surface area (Å²) in [5.41, 5.74) is 14.0.